The Kier molecular flexibility index (Phi) is 4.72. The van der Waals surface area contributed by atoms with Gasteiger partial charge in [-0.15, -0.1) is 0 Å². The van der Waals surface area contributed by atoms with E-state index in [0.717, 1.165) is 25.0 Å². The van der Waals surface area contributed by atoms with Gasteiger partial charge in [-0.3, -0.25) is 0 Å². The normalized spacial score (nSPS) is 9.79. The molecule has 14 heavy (non-hydrogen) atoms. The van der Waals surface area contributed by atoms with Crippen molar-refractivity contribution in [2.45, 2.75) is 6.42 Å². The van der Waals surface area contributed by atoms with Crippen molar-refractivity contribution in [3.05, 3.63) is 29.8 Å². The summed E-state index contributed by atoms with van der Waals surface area (Å²) in [5.74, 6) is 0.870. The lowest BCUT2D eigenvalue weighted by Gasteiger charge is -2.03. The highest BCUT2D eigenvalue weighted by atomic mass is 16.5. The van der Waals surface area contributed by atoms with Gasteiger partial charge in [0.2, 0.25) is 0 Å². The number of aldehydes is 1. The number of hydrogen-bond donors (Lipinski definition) is 1. The fourth-order valence-corrected chi connectivity index (χ4v) is 1.19. The zero-order chi connectivity index (χ0) is 10.2. The van der Waals surface area contributed by atoms with Crippen molar-refractivity contribution < 1.29 is 9.53 Å². The first-order chi connectivity index (χ1) is 6.86. The molecule has 1 aromatic carbocycles. The molecular weight excluding hydrogens is 178 g/mol. The summed E-state index contributed by atoms with van der Waals surface area (Å²) in [6, 6.07) is 7.94. The maximum absolute atomic E-state index is 10.0. The Morgan fingerprint density at radius 2 is 2.07 bits per heavy atom. The smallest absolute Gasteiger partial charge is 0.133 e. The van der Waals surface area contributed by atoms with Gasteiger partial charge in [0, 0.05) is 0 Å². The van der Waals surface area contributed by atoms with Crippen LogP contribution in [0.1, 0.15) is 5.56 Å². The Balaban J connectivity index is 2.32. The largest absolute Gasteiger partial charge is 0.497 e. The minimum atomic E-state index is 0.427. The van der Waals surface area contributed by atoms with Crippen LogP contribution in [-0.2, 0) is 11.2 Å². The minimum absolute atomic E-state index is 0.427. The van der Waals surface area contributed by atoms with Crippen molar-refractivity contribution >= 4 is 6.29 Å². The maximum atomic E-state index is 10.0. The molecular formula is C11H15NO2. The molecule has 0 spiro atoms. The number of carbonyl (C=O) groups excluding carboxylic acids is 1. The molecule has 1 rings (SSSR count). The SMILES string of the molecule is COc1ccc(CCNCC=O)cc1. The molecule has 0 unspecified atom stereocenters. The summed E-state index contributed by atoms with van der Waals surface area (Å²) in [5.41, 5.74) is 1.24. The second-order valence-electron chi connectivity index (χ2n) is 2.97. The average Bonchev–Trinajstić information content (AvgIpc) is 2.25. The van der Waals surface area contributed by atoms with Crippen LogP contribution in [0, 0.1) is 0 Å². The Bertz CT molecular complexity index is 269. The first-order valence-corrected chi connectivity index (χ1v) is 4.64. The zero-order valence-corrected chi connectivity index (χ0v) is 8.32. The predicted octanol–water partition coefficient (Wildman–Crippen LogP) is 1.03. The molecule has 76 valence electrons. The topological polar surface area (TPSA) is 38.3 Å². The molecule has 0 bridgehead atoms. The molecule has 0 aliphatic carbocycles. The van der Waals surface area contributed by atoms with E-state index in [0.29, 0.717) is 6.54 Å². The van der Waals surface area contributed by atoms with Gasteiger partial charge < -0.3 is 14.8 Å². The van der Waals surface area contributed by atoms with Gasteiger partial charge in [-0.25, -0.2) is 0 Å². The van der Waals surface area contributed by atoms with Crippen molar-refractivity contribution in [3.8, 4) is 5.75 Å². The Morgan fingerprint density at radius 3 is 2.64 bits per heavy atom. The summed E-state index contributed by atoms with van der Waals surface area (Å²) in [6.45, 7) is 1.25. The molecule has 0 aromatic heterocycles. The van der Waals surface area contributed by atoms with Crippen LogP contribution in [0.2, 0.25) is 0 Å². The van der Waals surface area contributed by atoms with E-state index in [2.05, 4.69) is 5.32 Å². The summed E-state index contributed by atoms with van der Waals surface area (Å²) in [7, 11) is 1.65. The molecule has 3 nitrogen and oxygen atoms in total. The molecule has 1 N–H and O–H groups in total. The van der Waals surface area contributed by atoms with Gasteiger partial charge in [0.15, 0.2) is 0 Å². The molecule has 0 fully saturated rings. The standard InChI is InChI=1S/C11H15NO2/c1-14-11-4-2-10(3-5-11)6-7-12-8-9-13/h2-5,9,12H,6-8H2,1H3. The van der Waals surface area contributed by atoms with E-state index in [-0.39, 0.29) is 0 Å². The molecule has 0 atom stereocenters. The van der Waals surface area contributed by atoms with Crippen LogP contribution in [0.25, 0.3) is 0 Å². The van der Waals surface area contributed by atoms with Crippen molar-refractivity contribution in [2.75, 3.05) is 20.2 Å². The van der Waals surface area contributed by atoms with Crippen LogP contribution in [0.3, 0.4) is 0 Å². The fourth-order valence-electron chi connectivity index (χ4n) is 1.19. The Morgan fingerprint density at radius 1 is 1.36 bits per heavy atom. The van der Waals surface area contributed by atoms with E-state index in [4.69, 9.17) is 4.74 Å². The van der Waals surface area contributed by atoms with Gasteiger partial charge in [0.05, 0.1) is 13.7 Å². The van der Waals surface area contributed by atoms with Crippen molar-refractivity contribution in [1.29, 1.82) is 0 Å². The van der Waals surface area contributed by atoms with Crippen LogP contribution >= 0.6 is 0 Å². The third kappa shape index (κ3) is 3.58. The monoisotopic (exact) mass is 193 g/mol. The van der Waals surface area contributed by atoms with E-state index >= 15 is 0 Å². The molecule has 0 amide bonds. The van der Waals surface area contributed by atoms with Gasteiger partial charge in [-0.05, 0) is 30.7 Å². The highest BCUT2D eigenvalue weighted by Crippen LogP contribution is 2.11. The number of nitrogens with one attached hydrogen (secondary N) is 1. The molecule has 0 radical (unpaired) electrons. The second-order valence-corrected chi connectivity index (χ2v) is 2.97. The van der Waals surface area contributed by atoms with Gasteiger partial charge in [0.1, 0.15) is 12.0 Å². The lowest BCUT2D eigenvalue weighted by Crippen LogP contribution is -2.19. The Labute approximate surface area is 84.1 Å². The third-order valence-corrected chi connectivity index (χ3v) is 1.98. The van der Waals surface area contributed by atoms with Gasteiger partial charge in [0.25, 0.3) is 0 Å². The second kappa shape index (κ2) is 6.16. The number of ether oxygens (including phenoxy) is 1. The summed E-state index contributed by atoms with van der Waals surface area (Å²) in [5, 5.41) is 3.01. The van der Waals surface area contributed by atoms with Crippen LogP contribution < -0.4 is 10.1 Å². The van der Waals surface area contributed by atoms with Gasteiger partial charge in [-0.2, -0.15) is 0 Å². The summed E-state index contributed by atoms with van der Waals surface area (Å²) < 4.78 is 5.05. The van der Waals surface area contributed by atoms with E-state index in [1.165, 1.54) is 5.56 Å². The van der Waals surface area contributed by atoms with Crippen LogP contribution in [0.4, 0.5) is 0 Å². The predicted molar refractivity (Wildman–Crippen MR) is 55.6 cm³/mol. The molecule has 3 heteroatoms. The molecule has 0 aliphatic rings. The molecule has 0 saturated carbocycles. The molecule has 1 aromatic rings. The summed E-state index contributed by atoms with van der Waals surface area (Å²) in [6.07, 6.45) is 1.80. The summed E-state index contributed by atoms with van der Waals surface area (Å²) >= 11 is 0. The summed E-state index contributed by atoms with van der Waals surface area (Å²) in [4.78, 5) is 10.0. The number of hydrogen-bond acceptors (Lipinski definition) is 3. The zero-order valence-electron chi connectivity index (χ0n) is 8.32. The number of carbonyl (C=O) groups is 1. The van der Waals surface area contributed by atoms with E-state index in [1.54, 1.807) is 7.11 Å². The van der Waals surface area contributed by atoms with Crippen molar-refractivity contribution in [1.82, 2.24) is 5.32 Å². The number of methoxy groups -OCH3 is 1. The minimum Gasteiger partial charge on any atom is -0.497 e. The van der Waals surface area contributed by atoms with Gasteiger partial charge in [-0.1, -0.05) is 12.1 Å². The van der Waals surface area contributed by atoms with E-state index in [1.807, 2.05) is 24.3 Å². The van der Waals surface area contributed by atoms with Crippen molar-refractivity contribution in [3.63, 3.8) is 0 Å². The van der Waals surface area contributed by atoms with Crippen LogP contribution in [-0.4, -0.2) is 26.5 Å². The molecule has 0 saturated heterocycles. The third-order valence-electron chi connectivity index (χ3n) is 1.98. The Hall–Kier alpha value is -1.35. The average molecular weight is 193 g/mol. The highest BCUT2D eigenvalue weighted by Gasteiger charge is 1.93. The lowest BCUT2D eigenvalue weighted by atomic mass is 10.1. The fraction of sp³-hybridized carbons (Fsp3) is 0.364. The van der Waals surface area contributed by atoms with E-state index in [9.17, 15) is 4.79 Å². The number of benzene rings is 1. The highest BCUT2D eigenvalue weighted by molar-refractivity contribution is 5.51. The molecule has 0 aliphatic heterocycles. The first kappa shape index (κ1) is 10.7. The quantitative estimate of drug-likeness (QED) is 0.541. The first-order valence-electron chi connectivity index (χ1n) is 4.64. The lowest BCUT2D eigenvalue weighted by molar-refractivity contribution is -0.107. The maximum Gasteiger partial charge on any atom is 0.133 e. The van der Waals surface area contributed by atoms with Gasteiger partial charge >= 0.3 is 0 Å². The van der Waals surface area contributed by atoms with Crippen molar-refractivity contribution in [2.24, 2.45) is 0 Å². The van der Waals surface area contributed by atoms with Crippen LogP contribution in [0.5, 0.6) is 5.75 Å². The van der Waals surface area contributed by atoms with E-state index < -0.39 is 0 Å². The van der Waals surface area contributed by atoms with Crippen LogP contribution in [0.15, 0.2) is 24.3 Å². The number of rotatable bonds is 6. The molecule has 0 heterocycles.